The fourth-order valence-corrected chi connectivity index (χ4v) is 2.35. The van der Waals surface area contributed by atoms with Crippen LogP contribution < -0.4 is 21.4 Å². The first-order chi connectivity index (χ1) is 12.0. The van der Waals surface area contributed by atoms with E-state index >= 15 is 0 Å². The Morgan fingerprint density at radius 3 is 2.88 bits per heavy atom. The number of hydrogen-bond acceptors (Lipinski definition) is 7. The molecule has 1 amide bonds. The van der Waals surface area contributed by atoms with Crippen LogP contribution in [0.15, 0.2) is 44.0 Å². The van der Waals surface area contributed by atoms with Crippen LogP contribution in [0.2, 0.25) is 0 Å². The molecule has 1 aromatic heterocycles. The maximum Gasteiger partial charge on any atom is 0.342 e. The normalized spacial score (nSPS) is 11.0. The first-order valence-electron chi connectivity index (χ1n) is 7.35. The Kier molecular flexibility index (Phi) is 6.52. The molecule has 0 aliphatic heterocycles. The van der Waals surface area contributed by atoms with Crippen LogP contribution in [-0.4, -0.2) is 39.2 Å². The standard InChI is InChI=1S/C15H17N5O4S/c1-9(2)24-11-6-4-3-5-10(11)7-16-18-12(21)8-25-14-13(22)17-15(23)20-19-14/h3-7,9H,8H2,1-2H3,(H,18,21)(H2,17,20,22,23)/b16-7+. The van der Waals surface area contributed by atoms with E-state index < -0.39 is 17.2 Å². The summed E-state index contributed by atoms with van der Waals surface area (Å²) in [5, 5.41) is 9.53. The van der Waals surface area contributed by atoms with E-state index in [-0.39, 0.29) is 16.9 Å². The number of hydrazone groups is 1. The molecular weight excluding hydrogens is 346 g/mol. The largest absolute Gasteiger partial charge is 0.490 e. The van der Waals surface area contributed by atoms with E-state index in [1.807, 2.05) is 43.1 Å². The van der Waals surface area contributed by atoms with Gasteiger partial charge in [-0.15, -0.1) is 0 Å². The Hall–Kier alpha value is -2.88. The number of hydrogen-bond donors (Lipinski definition) is 3. The lowest BCUT2D eigenvalue weighted by molar-refractivity contribution is -0.118. The van der Waals surface area contributed by atoms with E-state index in [0.717, 1.165) is 17.3 Å². The van der Waals surface area contributed by atoms with Gasteiger partial charge in [-0.1, -0.05) is 23.9 Å². The molecule has 1 aromatic carbocycles. The summed E-state index contributed by atoms with van der Waals surface area (Å²) in [6.07, 6.45) is 1.49. The van der Waals surface area contributed by atoms with Crippen LogP contribution in [0.1, 0.15) is 19.4 Å². The SMILES string of the molecule is CC(C)Oc1ccccc1/C=N/NC(=O)CSc1n[nH]c(=O)[nH]c1=O. The summed E-state index contributed by atoms with van der Waals surface area (Å²) in [5.74, 6) is 0.161. The monoisotopic (exact) mass is 363 g/mol. The van der Waals surface area contributed by atoms with Gasteiger partial charge in [-0.2, -0.15) is 10.2 Å². The van der Waals surface area contributed by atoms with Crippen molar-refractivity contribution in [1.29, 1.82) is 0 Å². The molecule has 0 saturated carbocycles. The molecule has 0 atom stereocenters. The zero-order valence-corrected chi connectivity index (χ0v) is 14.4. The van der Waals surface area contributed by atoms with E-state index in [1.165, 1.54) is 6.21 Å². The van der Waals surface area contributed by atoms with Gasteiger partial charge in [-0.3, -0.25) is 14.6 Å². The summed E-state index contributed by atoms with van der Waals surface area (Å²) < 4.78 is 5.65. The van der Waals surface area contributed by atoms with Crippen LogP contribution in [0.25, 0.3) is 0 Å². The summed E-state index contributed by atoms with van der Waals surface area (Å²) in [6.45, 7) is 3.83. The molecule has 25 heavy (non-hydrogen) atoms. The highest BCUT2D eigenvalue weighted by atomic mass is 32.2. The molecule has 2 aromatic rings. The first kappa shape index (κ1) is 18.5. The zero-order chi connectivity index (χ0) is 18.2. The minimum absolute atomic E-state index is 0.00518. The number of nitrogens with one attached hydrogen (secondary N) is 3. The molecule has 0 aliphatic carbocycles. The highest BCUT2D eigenvalue weighted by Crippen LogP contribution is 2.17. The number of carbonyl (C=O) groups excluding carboxylic acids is 1. The molecule has 0 saturated heterocycles. The van der Waals surface area contributed by atoms with Gasteiger partial charge in [0, 0.05) is 5.56 Å². The highest BCUT2D eigenvalue weighted by molar-refractivity contribution is 7.99. The Morgan fingerprint density at radius 2 is 2.16 bits per heavy atom. The van der Waals surface area contributed by atoms with Gasteiger partial charge in [0.05, 0.1) is 18.1 Å². The van der Waals surface area contributed by atoms with E-state index in [9.17, 15) is 14.4 Å². The molecule has 132 valence electrons. The second kappa shape index (κ2) is 8.83. The van der Waals surface area contributed by atoms with E-state index in [0.29, 0.717) is 5.75 Å². The number of ether oxygens (including phenoxy) is 1. The number of para-hydroxylation sites is 1. The number of rotatable bonds is 7. The summed E-state index contributed by atoms with van der Waals surface area (Å²) in [4.78, 5) is 36.1. The summed E-state index contributed by atoms with van der Waals surface area (Å²) in [6, 6.07) is 7.30. The summed E-state index contributed by atoms with van der Waals surface area (Å²) >= 11 is 0.886. The summed E-state index contributed by atoms with van der Waals surface area (Å²) in [5.41, 5.74) is 1.73. The van der Waals surface area contributed by atoms with Crippen molar-refractivity contribution in [3.05, 3.63) is 50.7 Å². The second-order valence-electron chi connectivity index (χ2n) is 5.10. The van der Waals surface area contributed by atoms with Gasteiger partial charge in [0.15, 0.2) is 5.03 Å². The Balaban J connectivity index is 1.90. The molecule has 0 bridgehead atoms. The number of benzene rings is 1. The third-order valence-electron chi connectivity index (χ3n) is 2.69. The van der Waals surface area contributed by atoms with Gasteiger partial charge in [0.1, 0.15) is 5.75 Å². The molecule has 0 fully saturated rings. The molecule has 9 nitrogen and oxygen atoms in total. The van der Waals surface area contributed by atoms with E-state index in [2.05, 4.69) is 20.7 Å². The van der Waals surface area contributed by atoms with Crippen molar-refractivity contribution in [1.82, 2.24) is 20.6 Å². The predicted molar refractivity (Wildman–Crippen MR) is 94.1 cm³/mol. The number of H-pyrrole nitrogens is 2. The van der Waals surface area contributed by atoms with E-state index in [1.54, 1.807) is 0 Å². The lowest BCUT2D eigenvalue weighted by Crippen LogP contribution is -2.26. The van der Waals surface area contributed by atoms with Crippen molar-refractivity contribution in [3.63, 3.8) is 0 Å². The smallest absolute Gasteiger partial charge is 0.342 e. The third kappa shape index (κ3) is 5.92. The second-order valence-corrected chi connectivity index (χ2v) is 6.06. The number of aromatic nitrogens is 3. The first-order valence-corrected chi connectivity index (χ1v) is 8.33. The van der Waals surface area contributed by atoms with Gasteiger partial charge >= 0.3 is 5.69 Å². The number of thioether (sulfide) groups is 1. The van der Waals surface area contributed by atoms with Gasteiger partial charge in [-0.25, -0.2) is 15.3 Å². The van der Waals surface area contributed by atoms with Gasteiger partial charge in [0.25, 0.3) is 5.56 Å². The van der Waals surface area contributed by atoms with Gasteiger partial charge in [-0.05, 0) is 26.0 Å². The summed E-state index contributed by atoms with van der Waals surface area (Å²) in [7, 11) is 0. The third-order valence-corrected chi connectivity index (χ3v) is 3.65. The fraction of sp³-hybridized carbons (Fsp3) is 0.267. The van der Waals surface area contributed by atoms with Crippen LogP contribution in [0.4, 0.5) is 0 Å². The van der Waals surface area contributed by atoms with Gasteiger partial charge in [0.2, 0.25) is 5.91 Å². The molecule has 3 N–H and O–H groups in total. The number of amides is 1. The van der Waals surface area contributed by atoms with Crippen molar-refractivity contribution in [2.24, 2.45) is 5.10 Å². The van der Waals surface area contributed by atoms with E-state index in [4.69, 9.17) is 4.74 Å². The van der Waals surface area contributed by atoms with Crippen molar-refractivity contribution < 1.29 is 9.53 Å². The maximum absolute atomic E-state index is 11.8. The molecule has 1 heterocycles. The van der Waals surface area contributed by atoms with Crippen LogP contribution >= 0.6 is 11.8 Å². The molecule has 0 spiro atoms. The highest BCUT2D eigenvalue weighted by Gasteiger charge is 2.07. The molecule has 2 rings (SSSR count). The molecule has 0 unspecified atom stereocenters. The van der Waals surface area contributed by atoms with Gasteiger partial charge < -0.3 is 4.74 Å². The van der Waals surface area contributed by atoms with Crippen LogP contribution in [0, 0.1) is 0 Å². The van der Waals surface area contributed by atoms with Crippen LogP contribution in [-0.2, 0) is 4.79 Å². The minimum Gasteiger partial charge on any atom is -0.490 e. The number of nitrogens with zero attached hydrogens (tertiary/aromatic N) is 2. The number of aromatic amines is 2. The Bertz CT molecular complexity index is 874. The topological polar surface area (TPSA) is 129 Å². The lowest BCUT2D eigenvalue weighted by atomic mass is 10.2. The van der Waals surface area contributed by atoms with Crippen molar-refractivity contribution in [2.75, 3.05) is 5.75 Å². The Morgan fingerprint density at radius 1 is 1.40 bits per heavy atom. The Labute approximate surface area is 146 Å². The average Bonchev–Trinajstić information content (AvgIpc) is 2.55. The quantitative estimate of drug-likeness (QED) is 0.373. The zero-order valence-electron chi connectivity index (χ0n) is 13.6. The molecular formula is C15H17N5O4S. The minimum atomic E-state index is -0.703. The molecule has 10 heteroatoms. The number of carbonyl (C=O) groups is 1. The molecule has 0 radical (unpaired) electrons. The maximum atomic E-state index is 11.8. The average molecular weight is 363 g/mol. The van der Waals surface area contributed by atoms with Crippen molar-refractivity contribution in [3.8, 4) is 5.75 Å². The fourth-order valence-electron chi connectivity index (χ4n) is 1.72. The van der Waals surface area contributed by atoms with Crippen molar-refractivity contribution in [2.45, 2.75) is 25.0 Å². The lowest BCUT2D eigenvalue weighted by Gasteiger charge is -2.11. The predicted octanol–water partition coefficient (Wildman–Crippen LogP) is 0.488. The molecule has 0 aliphatic rings. The van der Waals surface area contributed by atoms with Crippen molar-refractivity contribution >= 4 is 23.9 Å². The van der Waals surface area contributed by atoms with Crippen LogP contribution in [0.3, 0.4) is 0 Å². The van der Waals surface area contributed by atoms with Crippen LogP contribution in [0.5, 0.6) is 5.75 Å².